The second-order valence-corrected chi connectivity index (χ2v) is 17.8. The smallest absolute Gasteiger partial charge is 0.410 e. The van der Waals surface area contributed by atoms with Gasteiger partial charge in [0.25, 0.3) is 5.91 Å². The number of amides is 2. The molecule has 13 nitrogen and oxygen atoms in total. The molecule has 2 amide bonds. The molecule has 350 valence electrons. The first-order chi connectivity index (χ1) is 31.4. The van der Waals surface area contributed by atoms with Crippen LogP contribution in [0.4, 0.5) is 38.1 Å². The molecule has 0 saturated carbocycles. The van der Waals surface area contributed by atoms with Gasteiger partial charge in [-0.3, -0.25) is 14.4 Å². The number of carbonyl (C=O) groups excluding carboxylic acids is 2. The van der Waals surface area contributed by atoms with Crippen LogP contribution in [0.15, 0.2) is 66.9 Å². The third kappa shape index (κ3) is 9.14. The first-order valence-corrected chi connectivity index (χ1v) is 21.7. The van der Waals surface area contributed by atoms with Gasteiger partial charge in [0.1, 0.15) is 34.5 Å². The van der Waals surface area contributed by atoms with Gasteiger partial charge in [-0.25, -0.2) is 31.7 Å². The fourth-order valence-corrected chi connectivity index (χ4v) is 9.24. The van der Waals surface area contributed by atoms with Crippen LogP contribution in [0.3, 0.4) is 0 Å². The topological polar surface area (TPSA) is 124 Å². The largest absolute Gasteiger partial charge is 0.497 e. The lowest BCUT2D eigenvalue weighted by Crippen LogP contribution is -2.65. The SMILES string of the molecule is COc1ccc(CN(Cc2ccc(OC)cc2)c2cc(-c3nc4c(c(NCc5ccn(C)n5)c3F)C(=O)N3C[C@H]5CC[C@@H]([C@H]3[C@H](C)O4)N5C(=O)OC(C)(C)C)c(CC(F)F)c(F)c2F)cc1. The van der Waals surface area contributed by atoms with E-state index in [-0.39, 0.29) is 43.3 Å². The van der Waals surface area contributed by atoms with E-state index in [4.69, 9.17) is 18.9 Å². The fourth-order valence-electron chi connectivity index (χ4n) is 9.24. The van der Waals surface area contributed by atoms with Crippen LogP contribution in [0.1, 0.15) is 73.3 Å². The van der Waals surface area contributed by atoms with Crippen molar-refractivity contribution < 1.29 is 50.5 Å². The predicted molar refractivity (Wildman–Crippen MR) is 235 cm³/mol. The van der Waals surface area contributed by atoms with E-state index in [1.165, 1.54) is 23.8 Å². The highest BCUT2D eigenvalue weighted by molar-refractivity contribution is 6.03. The van der Waals surface area contributed by atoms with Crippen LogP contribution in [0.2, 0.25) is 0 Å². The summed E-state index contributed by atoms with van der Waals surface area (Å²) in [6, 6.07) is 14.9. The van der Waals surface area contributed by atoms with Gasteiger partial charge in [0.05, 0.1) is 56.0 Å². The Kier molecular flexibility index (Phi) is 12.8. The molecule has 2 saturated heterocycles. The molecule has 4 atom stereocenters. The van der Waals surface area contributed by atoms with Crippen molar-refractivity contribution in [2.24, 2.45) is 7.05 Å². The number of pyridine rings is 1. The van der Waals surface area contributed by atoms with E-state index in [9.17, 15) is 18.4 Å². The summed E-state index contributed by atoms with van der Waals surface area (Å²) in [5, 5.41) is 7.37. The number of anilines is 2. The van der Waals surface area contributed by atoms with Crippen LogP contribution in [0.5, 0.6) is 17.4 Å². The molecule has 8 rings (SSSR count). The molecule has 2 aromatic heterocycles. The maximum atomic E-state index is 17.8. The number of aryl methyl sites for hydroxylation is 1. The van der Waals surface area contributed by atoms with Gasteiger partial charge in [0.2, 0.25) is 12.3 Å². The standard InChI is InChI=1S/C48H52F5N7O6/c1-26-44-35-17-12-30(60(35)47(62)66-48(2,3)4)25-59(44)46(61)38-43(54-22-29-18-19-57(5)56-29)41(53)42(55-45(38)65-26)34-20-36(40(52)39(51)33(34)21-37(49)50)58(23-27-8-13-31(63-6)14-9-27)24-28-10-15-32(64-7)16-11-28/h8-11,13-16,18-20,26,30,35,37,44H,12,17,21-25H2,1-7H3,(H,54,55)/t26-,30+,35-,44+/m0/s1. The first-order valence-electron chi connectivity index (χ1n) is 21.7. The molecule has 0 radical (unpaired) electrons. The molecular weight excluding hydrogens is 866 g/mol. The van der Waals surface area contributed by atoms with Crippen LogP contribution < -0.4 is 24.4 Å². The molecule has 2 bridgehead atoms. The lowest BCUT2D eigenvalue weighted by molar-refractivity contribution is -0.0350. The second kappa shape index (κ2) is 18.4. The van der Waals surface area contributed by atoms with Crippen LogP contribution in [-0.2, 0) is 37.8 Å². The van der Waals surface area contributed by atoms with Crippen molar-refractivity contribution in [2.75, 3.05) is 31.0 Å². The Morgan fingerprint density at radius 1 is 0.939 bits per heavy atom. The molecule has 3 aliphatic heterocycles. The highest BCUT2D eigenvalue weighted by Gasteiger charge is 2.55. The van der Waals surface area contributed by atoms with Crippen molar-refractivity contribution in [1.82, 2.24) is 24.6 Å². The minimum Gasteiger partial charge on any atom is -0.497 e. The summed E-state index contributed by atoms with van der Waals surface area (Å²) in [6.45, 7) is 6.95. The summed E-state index contributed by atoms with van der Waals surface area (Å²) in [5.41, 5.74) is -2.01. The minimum absolute atomic E-state index is 0.00811. The quantitative estimate of drug-likeness (QED) is 0.115. The van der Waals surface area contributed by atoms with Crippen molar-refractivity contribution in [2.45, 2.75) is 103 Å². The van der Waals surface area contributed by atoms with E-state index < -0.39 is 94.6 Å². The number of methoxy groups -OCH3 is 2. The molecule has 2 fully saturated rings. The van der Waals surface area contributed by atoms with E-state index >= 15 is 13.2 Å². The second-order valence-electron chi connectivity index (χ2n) is 17.8. The molecule has 0 spiro atoms. The maximum absolute atomic E-state index is 17.8. The van der Waals surface area contributed by atoms with Crippen molar-refractivity contribution in [3.8, 4) is 28.6 Å². The highest BCUT2D eigenvalue weighted by Crippen LogP contribution is 2.46. The van der Waals surface area contributed by atoms with Crippen LogP contribution >= 0.6 is 0 Å². The molecule has 5 heterocycles. The molecule has 18 heteroatoms. The summed E-state index contributed by atoms with van der Waals surface area (Å²) >= 11 is 0. The Balaban J connectivity index is 1.29. The highest BCUT2D eigenvalue weighted by atomic mass is 19.3. The van der Waals surface area contributed by atoms with Gasteiger partial charge in [0.15, 0.2) is 17.5 Å². The Labute approximate surface area is 379 Å². The van der Waals surface area contributed by atoms with Crippen molar-refractivity contribution in [1.29, 1.82) is 0 Å². The molecule has 3 aliphatic rings. The Morgan fingerprint density at radius 2 is 1.58 bits per heavy atom. The summed E-state index contributed by atoms with van der Waals surface area (Å²) < 4.78 is 105. The Bertz CT molecular complexity index is 2560. The minimum atomic E-state index is -3.18. The number of hydrogen-bond donors (Lipinski definition) is 1. The van der Waals surface area contributed by atoms with Gasteiger partial charge in [-0.2, -0.15) is 5.10 Å². The molecular formula is C48H52F5N7O6. The number of nitrogens with zero attached hydrogens (tertiary/aromatic N) is 6. The molecule has 0 unspecified atom stereocenters. The van der Waals surface area contributed by atoms with Gasteiger partial charge in [-0.15, -0.1) is 0 Å². The number of fused-ring (bicyclic) bond motifs is 5. The number of nitrogens with one attached hydrogen (secondary N) is 1. The number of carbonyl (C=O) groups is 2. The Hall–Kier alpha value is -6.59. The van der Waals surface area contributed by atoms with E-state index in [2.05, 4.69) is 15.4 Å². The van der Waals surface area contributed by atoms with Crippen molar-refractivity contribution >= 4 is 23.4 Å². The maximum Gasteiger partial charge on any atom is 0.410 e. The number of piperazine rings is 1. The van der Waals surface area contributed by atoms with Gasteiger partial charge >= 0.3 is 6.09 Å². The number of halogens is 5. The average Bonchev–Trinajstić information content (AvgIpc) is 3.81. The average molecular weight is 918 g/mol. The zero-order valence-electron chi connectivity index (χ0n) is 37.7. The van der Waals surface area contributed by atoms with Gasteiger partial charge < -0.3 is 34.1 Å². The number of rotatable bonds is 13. The summed E-state index contributed by atoms with van der Waals surface area (Å²) in [6.07, 6.45) is -3.08. The van der Waals surface area contributed by atoms with Gasteiger partial charge in [-0.1, -0.05) is 24.3 Å². The lowest BCUT2D eigenvalue weighted by atomic mass is 9.96. The lowest BCUT2D eigenvalue weighted by Gasteiger charge is -2.47. The van der Waals surface area contributed by atoms with E-state index in [0.29, 0.717) is 41.2 Å². The first kappa shape index (κ1) is 46.0. The third-order valence-electron chi connectivity index (χ3n) is 12.2. The molecule has 1 N–H and O–H groups in total. The Morgan fingerprint density at radius 3 is 2.14 bits per heavy atom. The zero-order valence-corrected chi connectivity index (χ0v) is 37.7. The summed E-state index contributed by atoms with van der Waals surface area (Å²) in [4.78, 5) is 37.9. The van der Waals surface area contributed by atoms with E-state index in [1.54, 1.807) is 105 Å². The number of benzene rings is 3. The van der Waals surface area contributed by atoms with Crippen LogP contribution in [0, 0.1) is 17.5 Å². The molecule has 5 aromatic rings. The van der Waals surface area contributed by atoms with E-state index in [1.807, 2.05) is 0 Å². The van der Waals surface area contributed by atoms with Crippen molar-refractivity contribution in [3.05, 3.63) is 112 Å². The number of hydrogen-bond acceptors (Lipinski definition) is 10. The zero-order chi connectivity index (χ0) is 47.2. The van der Waals surface area contributed by atoms with Crippen molar-refractivity contribution in [3.63, 3.8) is 0 Å². The van der Waals surface area contributed by atoms with Crippen LogP contribution in [0.25, 0.3) is 11.3 Å². The van der Waals surface area contributed by atoms with Crippen LogP contribution in [-0.4, -0.2) is 93.6 Å². The number of ether oxygens (including phenoxy) is 4. The molecule has 0 aliphatic carbocycles. The fraction of sp³-hybridized carbons (Fsp3) is 0.417. The van der Waals surface area contributed by atoms with Gasteiger partial charge in [-0.05, 0) is 88.1 Å². The normalized spacial score (nSPS) is 19.0. The molecule has 66 heavy (non-hydrogen) atoms. The summed E-state index contributed by atoms with van der Waals surface area (Å²) in [5.74, 6) is -4.11. The summed E-state index contributed by atoms with van der Waals surface area (Å²) in [7, 11) is 4.72. The predicted octanol–water partition coefficient (Wildman–Crippen LogP) is 8.92. The number of aromatic nitrogens is 3. The van der Waals surface area contributed by atoms with Gasteiger partial charge in [0, 0.05) is 50.4 Å². The third-order valence-corrected chi connectivity index (χ3v) is 12.2. The number of alkyl halides is 2. The molecule has 3 aromatic carbocycles. The van der Waals surface area contributed by atoms with E-state index in [0.717, 1.165) is 6.07 Å². The monoisotopic (exact) mass is 917 g/mol.